The molecular weight excluding hydrogens is 242 g/mol. The normalized spacial score (nSPS) is 12.8. The molecule has 0 spiro atoms. The predicted molar refractivity (Wildman–Crippen MR) is 76.2 cm³/mol. The lowest BCUT2D eigenvalue weighted by molar-refractivity contribution is 0.0611. The van der Waals surface area contributed by atoms with Crippen molar-refractivity contribution in [3.05, 3.63) is 23.0 Å². The summed E-state index contributed by atoms with van der Waals surface area (Å²) in [6.07, 6.45) is 2.74. The van der Waals surface area contributed by atoms with E-state index in [-0.39, 0.29) is 12.1 Å². The number of hydrogen-bond acceptors (Lipinski definition) is 5. The van der Waals surface area contributed by atoms with Crippen LogP contribution in [0.5, 0.6) is 5.75 Å². The fourth-order valence-corrected chi connectivity index (χ4v) is 1.98. The molecule has 3 N–H and O–H groups in total. The maximum atomic E-state index is 5.59. The molecule has 0 amide bonds. The monoisotopic (exact) mass is 267 g/mol. The number of aryl methyl sites for hydroxylation is 1. The first-order chi connectivity index (χ1) is 8.99. The summed E-state index contributed by atoms with van der Waals surface area (Å²) in [6.45, 7) is 8.58. The second-order valence-electron chi connectivity index (χ2n) is 5.00. The van der Waals surface area contributed by atoms with Crippen LogP contribution in [-0.2, 0) is 11.2 Å². The minimum Gasteiger partial charge on any atom is -0.496 e. The number of pyridine rings is 1. The van der Waals surface area contributed by atoms with Crippen molar-refractivity contribution in [1.29, 1.82) is 0 Å². The average molecular weight is 267 g/mol. The number of nitrogens with two attached hydrogens (primary N) is 1. The lowest BCUT2D eigenvalue weighted by Gasteiger charge is -2.19. The summed E-state index contributed by atoms with van der Waals surface area (Å²) in [5, 5.41) is 0. The number of hydrogen-bond donors (Lipinski definition) is 2. The summed E-state index contributed by atoms with van der Waals surface area (Å²) in [7, 11) is 1.68. The summed E-state index contributed by atoms with van der Waals surface area (Å²) in [5.74, 6) is 6.46. The highest BCUT2D eigenvalue weighted by Crippen LogP contribution is 2.24. The molecule has 1 aromatic rings. The Hall–Kier alpha value is -1.17. The van der Waals surface area contributed by atoms with Gasteiger partial charge in [-0.1, -0.05) is 0 Å². The van der Waals surface area contributed by atoms with Crippen molar-refractivity contribution < 1.29 is 9.47 Å². The molecule has 1 aromatic heterocycles. The quantitative estimate of drug-likeness (QED) is 0.579. The number of methoxy groups -OCH3 is 1. The van der Waals surface area contributed by atoms with Gasteiger partial charge in [0, 0.05) is 35.5 Å². The maximum Gasteiger partial charge on any atom is 0.128 e. The Balaban J connectivity index is 2.80. The van der Waals surface area contributed by atoms with E-state index in [9.17, 15) is 0 Å². The maximum absolute atomic E-state index is 5.59. The largest absolute Gasteiger partial charge is 0.496 e. The fourth-order valence-electron chi connectivity index (χ4n) is 1.98. The zero-order chi connectivity index (χ0) is 14.4. The minimum absolute atomic E-state index is 0.0426. The Kier molecular flexibility index (Phi) is 6.21. The first kappa shape index (κ1) is 15.9. The van der Waals surface area contributed by atoms with E-state index in [0.717, 1.165) is 22.6 Å². The van der Waals surface area contributed by atoms with E-state index in [1.807, 2.05) is 33.9 Å². The highest BCUT2D eigenvalue weighted by molar-refractivity contribution is 5.41. The van der Waals surface area contributed by atoms with Crippen LogP contribution in [0.2, 0.25) is 0 Å². The van der Waals surface area contributed by atoms with Crippen LogP contribution in [0.15, 0.2) is 6.20 Å². The highest BCUT2D eigenvalue weighted by atomic mass is 16.5. The van der Waals surface area contributed by atoms with Crippen LogP contribution in [0.1, 0.15) is 30.7 Å². The molecule has 1 unspecified atom stereocenters. The van der Waals surface area contributed by atoms with Gasteiger partial charge in [-0.15, -0.1) is 0 Å². The van der Waals surface area contributed by atoms with Gasteiger partial charge in [0.15, 0.2) is 0 Å². The third-order valence-electron chi connectivity index (χ3n) is 3.06. The number of ether oxygens (including phenoxy) is 2. The third-order valence-corrected chi connectivity index (χ3v) is 3.06. The van der Waals surface area contributed by atoms with Crippen LogP contribution in [0.25, 0.3) is 0 Å². The summed E-state index contributed by atoms with van der Waals surface area (Å²) < 4.78 is 11.0. The molecule has 19 heavy (non-hydrogen) atoms. The summed E-state index contributed by atoms with van der Waals surface area (Å²) >= 11 is 0. The molecular formula is C14H25N3O2. The van der Waals surface area contributed by atoms with Gasteiger partial charge in [0.05, 0.1) is 19.8 Å². The van der Waals surface area contributed by atoms with E-state index in [1.54, 1.807) is 7.11 Å². The molecule has 0 aromatic carbocycles. The van der Waals surface area contributed by atoms with Crippen LogP contribution >= 0.6 is 0 Å². The molecule has 108 valence electrons. The van der Waals surface area contributed by atoms with E-state index in [4.69, 9.17) is 15.3 Å². The number of hydrazine groups is 1. The van der Waals surface area contributed by atoms with Gasteiger partial charge in [-0.25, -0.2) is 0 Å². The molecule has 1 atom stereocenters. The van der Waals surface area contributed by atoms with Gasteiger partial charge in [0.1, 0.15) is 5.75 Å². The van der Waals surface area contributed by atoms with Crippen molar-refractivity contribution in [3.63, 3.8) is 0 Å². The van der Waals surface area contributed by atoms with E-state index in [2.05, 4.69) is 10.4 Å². The van der Waals surface area contributed by atoms with Crippen molar-refractivity contribution in [1.82, 2.24) is 10.4 Å². The summed E-state index contributed by atoms with van der Waals surface area (Å²) in [5.41, 5.74) is 5.87. The minimum atomic E-state index is 0.0426. The standard InChI is InChI=1S/C14H25N3O2/c1-9(2)19-8-12(17-15)6-13-11(4)14(18-5)10(3)7-16-13/h7,9,12,17H,6,8,15H2,1-5H3. The number of nitrogens with one attached hydrogen (secondary N) is 1. The van der Waals surface area contributed by atoms with Crippen molar-refractivity contribution in [2.75, 3.05) is 13.7 Å². The number of rotatable bonds is 7. The van der Waals surface area contributed by atoms with E-state index in [1.165, 1.54) is 0 Å². The van der Waals surface area contributed by atoms with Crippen molar-refractivity contribution in [2.45, 2.75) is 46.3 Å². The van der Waals surface area contributed by atoms with Gasteiger partial charge in [0.2, 0.25) is 0 Å². The van der Waals surface area contributed by atoms with E-state index in [0.29, 0.717) is 13.0 Å². The zero-order valence-electron chi connectivity index (χ0n) is 12.5. The Labute approximate surface area is 115 Å². The number of aromatic nitrogens is 1. The van der Waals surface area contributed by atoms with Gasteiger partial charge in [-0.2, -0.15) is 0 Å². The topological polar surface area (TPSA) is 69.4 Å². The smallest absolute Gasteiger partial charge is 0.128 e. The molecule has 0 aliphatic carbocycles. The Morgan fingerprint density at radius 3 is 2.58 bits per heavy atom. The van der Waals surface area contributed by atoms with Crippen molar-refractivity contribution >= 4 is 0 Å². The van der Waals surface area contributed by atoms with Crippen molar-refractivity contribution in [2.24, 2.45) is 5.84 Å². The van der Waals surface area contributed by atoms with Gasteiger partial charge in [-0.3, -0.25) is 16.3 Å². The molecule has 0 saturated carbocycles. The van der Waals surface area contributed by atoms with Gasteiger partial charge < -0.3 is 9.47 Å². The average Bonchev–Trinajstić information content (AvgIpc) is 2.37. The summed E-state index contributed by atoms with van der Waals surface area (Å²) in [4.78, 5) is 4.47. The Morgan fingerprint density at radius 1 is 1.37 bits per heavy atom. The first-order valence-electron chi connectivity index (χ1n) is 6.56. The van der Waals surface area contributed by atoms with Gasteiger partial charge in [0.25, 0.3) is 0 Å². The molecule has 0 bridgehead atoms. The Morgan fingerprint density at radius 2 is 2.05 bits per heavy atom. The SMILES string of the molecule is COc1c(C)cnc(CC(COC(C)C)NN)c1C. The van der Waals surface area contributed by atoms with E-state index >= 15 is 0 Å². The van der Waals surface area contributed by atoms with Gasteiger partial charge >= 0.3 is 0 Å². The first-order valence-corrected chi connectivity index (χ1v) is 6.56. The van der Waals surface area contributed by atoms with Gasteiger partial charge in [-0.05, 0) is 27.7 Å². The van der Waals surface area contributed by atoms with Crippen LogP contribution < -0.4 is 16.0 Å². The van der Waals surface area contributed by atoms with Crippen LogP contribution in [0.4, 0.5) is 0 Å². The zero-order valence-corrected chi connectivity index (χ0v) is 12.5. The predicted octanol–water partition coefficient (Wildman–Crippen LogP) is 1.51. The Bertz CT molecular complexity index is 408. The second kappa shape index (κ2) is 7.43. The molecule has 0 saturated heterocycles. The molecule has 1 rings (SSSR count). The van der Waals surface area contributed by atoms with Crippen LogP contribution in [-0.4, -0.2) is 30.8 Å². The molecule has 0 aliphatic rings. The summed E-state index contributed by atoms with van der Waals surface area (Å²) in [6, 6.07) is 0.0426. The van der Waals surface area contributed by atoms with E-state index < -0.39 is 0 Å². The lowest BCUT2D eigenvalue weighted by atomic mass is 10.1. The number of nitrogens with zero attached hydrogens (tertiary/aromatic N) is 1. The van der Waals surface area contributed by atoms with Crippen LogP contribution in [0, 0.1) is 13.8 Å². The molecule has 0 fully saturated rings. The van der Waals surface area contributed by atoms with Crippen LogP contribution in [0.3, 0.4) is 0 Å². The molecule has 0 radical (unpaired) electrons. The molecule has 0 aliphatic heterocycles. The molecule has 5 heteroatoms. The lowest BCUT2D eigenvalue weighted by Crippen LogP contribution is -2.41. The highest BCUT2D eigenvalue weighted by Gasteiger charge is 2.15. The third kappa shape index (κ3) is 4.45. The fraction of sp³-hybridized carbons (Fsp3) is 0.643. The van der Waals surface area contributed by atoms with Crippen molar-refractivity contribution in [3.8, 4) is 5.75 Å². The second-order valence-corrected chi connectivity index (χ2v) is 5.00. The molecule has 5 nitrogen and oxygen atoms in total. The molecule has 1 heterocycles.